The molecule has 2 aromatic rings. The molecular weight excluding hydrogens is 280 g/mol. The SMILES string of the molecule is Cc1cc(C)c(C(N)CN)c(C)c1.Cc1cc(C)c(C)c(C)c1. The lowest BCUT2D eigenvalue weighted by molar-refractivity contribution is 0.725. The lowest BCUT2D eigenvalue weighted by Crippen LogP contribution is -2.22. The summed E-state index contributed by atoms with van der Waals surface area (Å²) in [6.07, 6.45) is 0. The minimum Gasteiger partial charge on any atom is -0.329 e. The van der Waals surface area contributed by atoms with Crippen molar-refractivity contribution >= 4 is 0 Å². The highest BCUT2D eigenvalue weighted by atomic mass is 14.7. The van der Waals surface area contributed by atoms with Crippen LogP contribution in [-0.2, 0) is 0 Å². The van der Waals surface area contributed by atoms with Crippen molar-refractivity contribution in [3.05, 3.63) is 68.8 Å². The average molecular weight is 313 g/mol. The second kappa shape index (κ2) is 8.28. The number of rotatable bonds is 2. The minimum atomic E-state index is -0.0272. The Kier molecular flexibility index (Phi) is 6.99. The summed E-state index contributed by atoms with van der Waals surface area (Å²) in [6.45, 7) is 15.4. The van der Waals surface area contributed by atoms with Crippen LogP contribution >= 0.6 is 0 Å². The van der Waals surface area contributed by atoms with Crippen molar-refractivity contribution < 1.29 is 0 Å². The van der Waals surface area contributed by atoms with E-state index in [9.17, 15) is 0 Å². The molecule has 0 heterocycles. The predicted octanol–water partition coefficient (Wildman–Crippen LogP) is 4.49. The molecule has 0 aliphatic rings. The Morgan fingerprint density at radius 1 is 0.696 bits per heavy atom. The summed E-state index contributed by atoms with van der Waals surface area (Å²) < 4.78 is 0. The molecule has 126 valence electrons. The van der Waals surface area contributed by atoms with Crippen molar-refractivity contribution in [3.8, 4) is 0 Å². The molecule has 1 unspecified atom stereocenters. The number of aryl methyl sites for hydroxylation is 6. The fourth-order valence-electron chi connectivity index (χ4n) is 3.15. The molecule has 0 radical (unpaired) electrons. The number of benzene rings is 2. The third-order valence-electron chi connectivity index (χ3n) is 4.43. The smallest absolute Gasteiger partial charge is 0.0424 e. The maximum absolute atomic E-state index is 5.92. The number of hydrogen-bond acceptors (Lipinski definition) is 2. The summed E-state index contributed by atoms with van der Waals surface area (Å²) in [7, 11) is 0. The van der Waals surface area contributed by atoms with E-state index in [2.05, 4.69) is 72.7 Å². The van der Waals surface area contributed by atoms with Crippen molar-refractivity contribution in [2.24, 2.45) is 11.5 Å². The Morgan fingerprint density at radius 3 is 1.39 bits per heavy atom. The molecule has 0 saturated carbocycles. The fourth-order valence-corrected chi connectivity index (χ4v) is 3.15. The Labute approximate surface area is 141 Å². The van der Waals surface area contributed by atoms with E-state index in [-0.39, 0.29) is 6.04 Å². The largest absolute Gasteiger partial charge is 0.329 e. The van der Waals surface area contributed by atoms with Crippen LogP contribution in [0.2, 0.25) is 0 Å². The van der Waals surface area contributed by atoms with E-state index in [1.165, 1.54) is 44.5 Å². The van der Waals surface area contributed by atoms with Crippen LogP contribution in [0.25, 0.3) is 0 Å². The van der Waals surface area contributed by atoms with E-state index < -0.39 is 0 Å². The molecule has 0 aliphatic carbocycles. The van der Waals surface area contributed by atoms with Crippen molar-refractivity contribution in [2.45, 2.75) is 54.5 Å². The molecule has 0 amide bonds. The van der Waals surface area contributed by atoms with Gasteiger partial charge in [-0.25, -0.2) is 0 Å². The second-order valence-electron chi connectivity index (χ2n) is 6.68. The van der Waals surface area contributed by atoms with Gasteiger partial charge in [-0.05, 0) is 81.8 Å². The molecule has 2 heteroatoms. The molecule has 0 aliphatic heterocycles. The van der Waals surface area contributed by atoms with Gasteiger partial charge in [0, 0.05) is 12.6 Å². The summed E-state index contributed by atoms with van der Waals surface area (Å²) in [6, 6.07) is 8.72. The molecule has 0 fully saturated rings. The van der Waals surface area contributed by atoms with Gasteiger partial charge < -0.3 is 11.5 Å². The lowest BCUT2D eigenvalue weighted by Gasteiger charge is -2.16. The van der Waals surface area contributed by atoms with Crippen LogP contribution in [0.1, 0.15) is 50.5 Å². The monoisotopic (exact) mass is 312 g/mol. The van der Waals surface area contributed by atoms with E-state index in [1.807, 2.05) is 0 Å². The van der Waals surface area contributed by atoms with Gasteiger partial charge in [-0.15, -0.1) is 0 Å². The predicted molar refractivity (Wildman–Crippen MR) is 102 cm³/mol. The first-order valence-corrected chi connectivity index (χ1v) is 8.25. The summed E-state index contributed by atoms with van der Waals surface area (Å²) in [4.78, 5) is 0. The van der Waals surface area contributed by atoms with E-state index in [1.54, 1.807) is 0 Å². The second-order valence-corrected chi connectivity index (χ2v) is 6.68. The van der Waals surface area contributed by atoms with Gasteiger partial charge in [0.25, 0.3) is 0 Å². The Balaban J connectivity index is 0.000000238. The van der Waals surface area contributed by atoms with Crippen LogP contribution in [0.5, 0.6) is 0 Å². The van der Waals surface area contributed by atoms with Crippen molar-refractivity contribution in [2.75, 3.05) is 6.54 Å². The van der Waals surface area contributed by atoms with Crippen LogP contribution in [-0.4, -0.2) is 6.54 Å². The summed E-state index contributed by atoms with van der Waals surface area (Å²) >= 11 is 0. The molecule has 2 rings (SSSR count). The molecule has 0 saturated heterocycles. The van der Waals surface area contributed by atoms with Gasteiger partial charge in [0.15, 0.2) is 0 Å². The maximum atomic E-state index is 5.92. The molecule has 0 bridgehead atoms. The summed E-state index contributed by atoms with van der Waals surface area (Å²) in [5.41, 5.74) is 22.0. The van der Waals surface area contributed by atoms with E-state index in [4.69, 9.17) is 11.5 Å². The molecule has 0 aromatic heterocycles. The Morgan fingerprint density at radius 2 is 1.04 bits per heavy atom. The van der Waals surface area contributed by atoms with E-state index in [0.29, 0.717) is 6.54 Å². The van der Waals surface area contributed by atoms with Crippen LogP contribution < -0.4 is 11.5 Å². The van der Waals surface area contributed by atoms with E-state index in [0.717, 1.165) is 0 Å². The first kappa shape index (κ1) is 19.4. The first-order valence-electron chi connectivity index (χ1n) is 8.25. The van der Waals surface area contributed by atoms with Crippen LogP contribution in [0, 0.1) is 48.5 Å². The Bertz CT molecular complexity index is 626. The molecule has 2 nitrogen and oxygen atoms in total. The first-order chi connectivity index (χ1) is 10.7. The van der Waals surface area contributed by atoms with Gasteiger partial charge in [0.2, 0.25) is 0 Å². The third kappa shape index (κ3) is 5.19. The molecule has 23 heavy (non-hydrogen) atoms. The quantitative estimate of drug-likeness (QED) is 0.858. The summed E-state index contributed by atoms with van der Waals surface area (Å²) in [5.74, 6) is 0. The topological polar surface area (TPSA) is 52.0 Å². The zero-order valence-corrected chi connectivity index (χ0v) is 15.7. The van der Waals surface area contributed by atoms with Crippen molar-refractivity contribution in [1.29, 1.82) is 0 Å². The van der Waals surface area contributed by atoms with Gasteiger partial charge in [-0.1, -0.05) is 35.4 Å². The van der Waals surface area contributed by atoms with Crippen LogP contribution in [0.4, 0.5) is 0 Å². The van der Waals surface area contributed by atoms with E-state index >= 15 is 0 Å². The Hall–Kier alpha value is -1.64. The zero-order chi connectivity index (χ0) is 17.7. The lowest BCUT2D eigenvalue weighted by atomic mass is 9.94. The molecule has 0 spiro atoms. The molecule has 4 N–H and O–H groups in total. The van der Waals surface area contributed by atoms with Crippen LogP contribution in [0.15, 0.2) is 24.3 Å². The zero-order valence-electron chi connectivity index (χ0n) is 15.7. The van der Waals surface area contributed by atoms with Crippen molar-refractivity contribution in [3.63, 3.8) is 0 Å². The fraction of sp³-hybridized carbons (Fsp3) is 0.429. The summed E-state index contributed by atoms with van der Waals surface area (Å²) in [5, 5.41) is 0. The highest BCUT2D eigenvalue weighted by molar-refractivity contribution is 5.39. The van der Waals surface area contributed by atoms with Gasteiger partial charge in [0.05, 0.1) is 0 Å². The average Bonchev–Trinajstić information content (AvgIpc) is 2.44. The number of nitrogens with two attached hydrogens (primary N) is 2. The van der Waals surface area contributed by atoms with Crippen LogP contribution in [0.3, 0.4) is 0 Å². The normalized spacial score (nSPS) is 11.7. The highest BCUT2D eigenvalue weighted by Gasteiger charge is 2.10. The molecule has 2 aromatic carbocycles. The molecule has 1 atom stereocenters. The van der Waals surface area contributed by atoms with Gasteiger partial charge in [-0.2, -0.15) is 0 Å². The standard InChI is InChI=1S/C11H18N2.C10H14/c1-7-4-8(2)11(9(3)5-7)10(13)6-12;1-7-5-8(2)10(4)9(3)6-7/h4-5,10H,6,12-13H2,1-3H3;5-6H,1-4H3. The van der Waals surface area contributed by atoms with Gasteiger partial charge >= 0.3 is 0 Å². The van der Waals surface area contributed by atoms with Crippen molar-refractivity contribution in [1.82, 2.24) is 0 Å². The highest BCUT2D eigenvalue weighted by Crippen LogP contribution is 2.21. The van der Waals surface area contributed by atoms with Gasteiger partial charge in [-0.3, -0.25) is 0 Å². The molecular formula is C21H32N2. The van der Waals surface area contributed by atoms with Gasteiger partial charge in [0.1, 0.15) is 0 Å². The number of hydrogen-bond donors (Lipinski definition) is 2. The maximum Gasteiger partial charge on any atom is 0.0424 e. The minimum absolute atomic E-state index is 0.0272. The third-order valence-corrected chi connectivity index (χ3v) is 4.43.